The van der Waals surface area contributed by atoms with Crippen LogP contribution >= 0.6 is 0 Å². The van der Waals surface area contributed by atoms with Crippen LogP contribution in [0.15, 0.2) is 65.5 Å². The molecule has 5 nitrogen and oxygen atoms in total. The largest absolute Gasteiger partial charge is 0.334 e. The third-order valence-corrected chi connectivity index (χ3v) is 3.57. The number of urea groups is 1. The Labute approximate surface area is 133 Å². The Morgan fingerprint density at radius 2 is 1.61 bits per heavy atom. The highest BCUT2D eigenvalue weighted by atomic mass is 16.2. The van der Waals surface area contributed by atoms with Crippen LogP contribution in [0.1, 0.15) is 11.1 Å². The topological polar surface area (TPSA) is 74.0 Å². The van der Waals surface area contributed by atoms with E-state index in [1.165, 1.54) is 0 Å². The van der Waals surface area contributed by atoms with Gasteiger partial charge in [0.2, 0.25) is 0 Å². The number of fused-ring (bicyclic) bond motifs is 1. The van der Waals surface area contributed by atoms with Crippen molar-refractivity contribution >= 4 is 16.9 Å². The van der Waals surface area contributed by atoms with E-state index >= 15 is 0 Å². The van der Waals surface area contributed by atoms with Crippen LogP contribution in [0.2, 0.25) is 0 Å². The molecule has 0 saturated carbocycles. The molecule has 0 aliphatic rings. The molecule has 0 saturated heterocycles. The van der Waals surface area contributed by atoms with Crippen LogP contribution in [0.4, 0.5) is 4.79 Å². The molecule has 0 atom stereocenters. The Hall–Kier alpha value is -3.08. The zero-order valence-corrected chi connectivity index (χ0v) is 12.5. The summed E-state index contributed by atoms with van der Waals surface area (Å²) >= 11 is 0. The Bertz CT molecular complexity index is 872. The van der Waals surface area contributed by atoms with Gasteiger partial charge in [0.15, 0.2) is 0 Å². The molecule has 0 fully saturated rings. The third-order valence-electron chi connectivity index (χ3n) is 3.57. The van der Waals surface area contributed by atoms with Crippen molar-refractivity contribution in [3.05, 3.63) is 82.1 Å². The number of carbonyl (C=O) groups is 1. The minimum absolute atomic E-state index is 0.181. The van der Waals surface area contributed by atoms with Crippen LogP contribution in [0.25, 0.3) is 10.9 Å². The van der Waals surface area contributed by atoms with Gasteiger partial charge in [-0.3, -0.25) is 4.79 Å². The van der Waals surface area contributed by atoms with Gasteiger partial charge in [-0.25, -0.2) is 4.79 Å². The second-order valence-electron chi connectivity index (χ2n) is 5.23. The van der Waals surface area contributed by atoms with Gasteiger partial charge < -0.3 is 15.6 Å². The van der Waals surface area contributed by atoms with Gasteiger partial charge in [0.05, 0.1) is 0 Å². The van der Waals surface area contributed by atoms with Crippen molar-refractivity contribution < 1.29 is 4.79 Å². The molecule has 2 amide bonds. The molecule has 1 heterocycles. The zero-order valence-electron chi connectivity index (χ0n) is 12.5. The van der Waals surface area contributed by atoms with Crippen molar-refractivity contribution in [3.63, 3.8) is 0 Å². The molecule has 5 heteroatoms. The van der Waals surface area contributed by atoms with Crippen LogP contribution in [-0.4, -0.2) is 11.0 Å². The van der Waals surface area contributed by atoms with E-state index < -0.39 is 0 Å². The van der Waals surface area contributed by atoms with E-state index in [1.54, 1.807) is 6.07 Å². The summed E-state index contributed by atoms with van der Waals surface area (Å²) in [7, 11) is 0. The number of hydrogen-bond acceptors (Lipinski definition) is 2. The van der Waals surface area contributed by atoms with Gasteiger partial charge in [0.25, 0.3) is 5.56 Å². The van der Waals surface area contributed by atoms with Gasteiger partial charge in [-0.1, -0.05) is 48.5 Å². The van der Waals surface area contributed by atoms with E-state index in [0.29, 0.717) is 12.1 Å². The highest BCUT2D eigenvalue weighted by Crippen LogP contribution is 2.09. The number of aromatic nitrogens is 1. The monoisotopic (exact) mass is 307 g/mol. The highest BCUT2D eigenvalue weighted by molar-refractivity contribution is 5.79. The van der Waals surface area contributed by atoms with E-state index in [2.05, 4.69) is 15.6 Å². The molecule has 0 aliphatic carbocycles. The molecule has 0 unspecified atom stereocenters. The molecule has 23 heavy (non-hydrogen) atoms. The molecule has 0 spiro atoms. The van der Waals surface area contributed by atoms with Gasteiger partial charge in [-0.15, -0.1) is 0 Å². The molecule has 0 radical (unpaired) electrons. The van der Waals surface area contributed by atoms with E-state index in [9.17, 15) is 9.59 Å². The highest BCUT2D eigenvalue weighted by Gasteiger charge is 2.05. The van der Waals surface area contributed by atoms with Gasteiger partial charge in [-0.2, -0.15) is 0 Å². The average molecular weight is 307 g/mol. The fourth-order valence-corrected chi connectivity index (χ4v) is 2.34. The minimum atomic E-state index is -0.304. The first-order valence-electron chi connectivity index (χ1n) is 7.39. The number of aromatic amines is 1. The molecule has 3 N–H and O–H groups in total. The number of pyridine rings is 1. The molecular formula is C18H17N3O2. The number of rotatable bonds is 4. The van der Waals surface area contributed by atoms with Gasteiger partial charge in [0.1, 0.15) is 0 Å². The molecule has 0 aliphatic heterocycles. The van der Waals surface area contributed by atoms with Crippen LogP contribution in [0.5, 0.6) is 0 Å². The summed E-state index contributed by atoms with van der Waals surface area (Å²) in [4.78, 5) is 26.6. The van der Waals surface area contributed by atoms with Crippen LogP contribution in [0, 0.1) is 0 Å². The summed E-state index contributed by atoms with van der Waals surface area (Å²) < 4.78 is 0. The maximum atomic E-state index is 12.0. The molecule has 1 aromatic heterocycles. The van der Waals surface area contributed by atoms with Crippen molar-refractivity contribution in [1.82, 2.24) is 15.6 Å². The quantitative estimate of drug-likeness (QED) is 0.693. The van der Waals surface area contributed by atoms with Crippen molar-refractivity contribution in [2.75, 3.05) is 0 Å². The zero-order chi connectivity index (χ0) is 16.1. The normalized spacial score (nSPS) is 10.4. The standard InChI is InChI=1S/C18H17N3O2/c22-17-15(10-14-8-4-5-9-16(14)21-17)12-20-18(23)19-11-13-6-2-1-3-7-13/h1-10H,11-12H2,(H,21,22)(H2,19,20,23). The average Bonchev–Trinajstić information content (AvgIpc) is 2.59. The molecule has 0 bridgehead atoms. The van der Waals surface area contributed by atoms with E-state index in [-0.39, 0.29) is 18.1 Å². The first-order chi connectivity index (χ1) is 11.2. The summed E-state index contributed by atoms with van der Waals surface area (Å²) in [5.41, 5.74) is 2.15. The maximum Gasteiger partial charge on any atom is 0.315 e. The second kappa shape index (κ2) is 6.79. The fourth-order valence-electron chi connectivity index (χ4n) is 2.34. The number of nitrogens with one attached hydrogen (secondary N) is 3. The van der Waals surface area contributed by atoms with Crippen LogP contribution < -0.4 is 16.2 Å². The van der Waals surface area contributed by atoms with E-state index in [1.807, 2.05) is 54.6 Å². The summed E-state index contributed by atoms with van der Waals surface area (Å²) in [6, 6.07) is 18.7. The predicted molar refractivity (Wildman–Crippen MR) is 90.1 cm³/mol. The molecule has 2 aromatic carbocycles. The first-order valence-corrected chi connectivity index (χ1v) is 7.39. The van der Waals surface area contributed by atoms with Crippen LogP contribution in [-0.2, 0) is 13.1 Å². The second-order valence-corrected chi connectivity index (χ2v) is 5.23. The fraction of sp³-hybridized carbons (Fsp3) is 0.111. The number of H-pyrrole nitrogens is 1. The molecule has 3 rings (SSSR count). The van der Waals surface area contributed by atoms with E-state index in [0.717, 1.165) is 16.5 Å². The van der Waals surface area contributed by atoms with Gasteiger partial charge in [-0.05, 0) is 23.1 Å². The number of hydrogen-bond donors (Lipinski definition) is 3. The summed E-state index contributed by atoms with van der Waals surface area (Å²) in [5.74, 6) is 0. The number of amides is 2. The maximum absolute atomic E-state index is 12.0. The van der Waals surface area contributed by atoms with Gasteiger partial charge >= 0.3 is 6.03 Å². The lowest BCUT2D eigenvalue weighted by Crippen LogP contribution is -2.35. The van der Waals surface area contributed by atoms with Crippen LogP contribution in [0.3, 0.4) is 0 Å². The summed E-state index contributed by atoms with van der Waals surface area (Å²) in [6.45, 7) is 0.627. The Morgan fingerprint density at radius 1 is 0.913 bits per heavy atom. The molecular weight excluding hydrogens is 290 g/mol. The lowest BCUT2D eigenvalue weighted by atomic mass is 10.1. The molecule has 116 valence electrons. The number of carbonyl (C=O) groups excluding carboxylic acids is 1. The third kappa shape index (κ3) is 3.77. The van der Waals surface area contributed by atoms with E-state index in [4.69, 9.17) is 0 Å². The Balaban J connectivity index is 1.60. The Morgan fingerprint density at radius 3 is 2.43 bits per heavy atom. The van der Waals surface area contributed by atoms with Crippen molar-refractivity contribution in [2.45, 2.75) is 13.1 Å². The SMILES string of the molecule is O=C(NCc1ccccc1)NCc1cc2ccccc2[nH]c1=O. The summed E-state index contributed by atoms with van der Waals surface area (Å²) in [6.07, 6.45) is 0. The van der Waals surface area contributed by atoms with Crippen molar-refractivity contribution in [1.29, 1.82) is 0 Å². The van der Waals surface area contributed by atoms with Gasteiger partial charge in [0, 0.05) is 24.2 Å². The predicted octanol–water partition coefficient (Wildman–Crippen LogP) is 2.53. The Kier molecular flexibility index (Phi) is 4.38. The number of benzene rings is 2. The number of para-hydroxylation sites is 1. The lowest BCUT2D eigenvalue weighted by molar-refractivity contribution is 0.240. The van der Waals surface area contributed by atoms with Crippen molar-refractivity contribution in [2.24, 2.45) is 0 Å². The molecule has 3 aromatic rings. The van der Waals surface area contributed by atoms with Crippen molar-refractivity contribution in [3.8, 4) is 0 Å². The lowest BCUT2D eigenvalue weighted by Gasteiger charge is -2.08. The minimum Gasteiger partial charge on any atom is -0.334 e. The smallest absolute Gasteiger partial charge is 0.315 e. The first kappa shape index (κ1) is 14.8. The summed E-state index contributed by atoms with van der Waals surface area (Å²) in [5, 5.41) is 6.41.